The first-order valence-corrected chi connectivity index (χ1v) is 6.14. The molecule has 0 radical (unpaired) electrons. The Morgan fingerprint density at radius 2 is 2.18 bits per heavy atom. The summed E-state index contributed by atoms with van der Waals surface area (Å²) >= 11 is 0. The second kappa shape index (κ2) is 4.47. The maximum absolute atomic E-state index is 5.51. The third kappa shape index (κ3) is 2.06. The van der Waals surface area contributed by atoms with Crippen molar-refractivity contribution in [1.29, 1.82) is 0 Å². The molecule has 0 saturated heterocycles. The highest BCUT2D eigenvalue weighted by atomic mass is 16.5. The van der Waals surface area contributed by atoms with Gasteiger partial charge in [0.2, 0.25) is 0 Å². The van der Waals surface area contributed by atoms with Crippen molar-refractivity contribution >= 4 is 11.0 Å². The second-order valence-electron chi connectivity index (χ2n) is 4.46. The fraction of sp³-hybridized carbons (Fsp3) is 0.462. The van der Waals surface area contributed by atoms with Crippen LogP contribution in [0.4, 0.5) is 0 Å². The van der Waals surface area contributed by atoms with E-state index in [1.165, 1.54) is 18.4 Å². The van der Waals surface area contributed by atoms with Crippen LogP contribution < -0.4 is 5.73 Å². The standard InChI is InChI=1S/C13H17N3O/c14-7-8-17-9-13-15-11-3-1-2-4-12(11)16(13)10-5-6-10/h1-4,10H,5-9,14H2. The number of para-hydroxylation sites is 2. The fourth-order valence-electron chi connectivity index (χ4n) is 2.18. The minimum absolute atomic E-state index is 0.558. The summed E-state index contributed by atoms with van der Waals surface area (Å²) < 4.78 is 7.83. The van der Waals surface area contributed by atoms with Gasteiger partial charge in [-0.25, -0.2) is 4.98 Å². The first-order valence-electron chi connectivity index (χ1n) is 6.14. The van der Waals surface area contributed by atoms with E-state index >= 15 is 0 Å². The number of nitrogens with zero attached hydrogens (tertiary/aromatic N) is 2. The number of hydrogen-bond donors (Lipinski definition) is 1. The summed E-state index contributed by atoms with van der Waals surface area (Å²) in [4.78, 5) is 4.64. The highest BCUT2D eigenvalue weighted by Gasteiger charge is 2.27. The van der Waals surface area contributed by atoms with E-state index in [9.17, 15) is 0 Å². The van der Waals surface area contributed by atoms with E-state index in [0.29, 0.717) is 25.8 Å². The van der Waals surface area contributed by atoms with Crippen LogP contribution in [0.2, 0.25) is 0 Å². The minimum Gasteiger partial charge on any atom is -0.372 e. The van der Waals surface area contributed by atoms with Gasteiger partial charge in [0.1, 0.15) is 12.4 Å². The number of aromatic nitrogens is 2. The molecule has 1 aliphatic rings. The van der Waals surface area contributed by atoms with Crippen LogP contribution in [0.25, 0.3) is 11.0 Å². The largest absolute Gasteiger partial charge is 0.372 e. The highest BCUT2D eigenvalue weighted by molar-refractivity contribution is 5.76. The lowest BCUT2D eigenvalue weighted by Crippen LogP contribution is -2.10. The van der Waals surface area contributed by atoms with Crippen molar-refractivity contribution < 1.29 is 4.74 Å². The summed E-state index contributed by atoms with van der Waals surface area (Å²) in [5, 5.41) is 0. The van der Waals surface area contributed by atoms with Crippen LogP contribution in [0.1, 0.15) is 24.7 Å². The molecule has 1 fully saturated rings. The quantitative estimate of drug-likeness (QED) is 0.799. The molecule has 0 atom stereocenters. The Morgan fingerprint density at radius 3 is 2.94 bits per heavy atom. The molecule has 1 aliphatic carbocycles. The van der Waals surface area contributed by atoms with Crippen LogP contribution in [-0.4, -0.2) is 22.7 Å². The Hall–Kier alpha value is -1.39. The Bertz CT molecular complexity index is 516. The zero-order chi connectivity index (χ0) is 11.7. The maximum atomic E-state index is 5.51. The lowest BCUT2D eigenvalue weighted by atomic mass is 10.3. The summed E-state index contributed by atoms with van der Waals surface area (Å²) in [6, 6.07) is 8.90. The average Bonchev–Trinajstić information content (AvgIpc) is 3.11. The van der Waals surface area contributed by atoms with E-state index in [4.69, 9.17) is 10.5 Å². The Labute approximate surface area is 100 Å². The van der Waals surface area contributed by atoms with E-state index in [2.05, 4.69) is 27.8 Å². The van der Waals surface area contributed by atoms with Crippen LogP contribution in [0, 0.1) is 0 Å². The fourth-order valence-corrected chi connectivity index (χ4v) is 2.18. The molecule has 4 heteroatoms. The van der Waals surface area contributed by atoms with Crippen molar-refractivity contribution in [3.05, 3.63) is 30.1 Å². The molecule has 0 spiro atoms. The molecule has 2 N–H and O–H groups in total. The minimum atomic E-state index is 0.558. The average molecular weight is 231 g/mol. The molecule has 2 aromatic rings. The van der Waals surface area contributed by atoms with Crippen molar-refractivity contribution in [1.82, 2.24) is 9.55 Å². The monoisotopic (exact) mass is 231 g/mol. The molecule has 1 aromatic carbocycles. The third-order valence-corrected chi connectivity index (χ3v) is 3.07. The number of imidazole rings is 1. The van der Waals surface area contributed by atoms with Gasteiger partial charge >= 0.3 is 0 Å². The van der Waals surface area contributed by atoms with Crippen molar-refractivity contribution in [2.24, 2.45) is 5.73 Å². The van der Waals surface area contributed by atoms with Crippen LogP contribution in [0.15, 0.2) is 24.3 Å². The van der Waals surface area contributed by atoms with Gasteiger partial charge in [0, 0.05) is 12.6 Å². The molecule has 0 amide bonds. The van der Waals surface area contributed by atoms with Gasteiger partial charge in [-0.1, -0.05) is 12.1 Å². The SMILES string of the molecule is NCCOCc1nc2ccccc2n1C1CC1. The zero-order valence-corrected chi connectivity index (χ0v) is 9.80. The number of hydrogen-bond acceptors (Lipinski definition) is 3. The molecule has 17 heavy (non-hydrogen) atoms. The first kappa shape index (κ1) is 10.7. The lowest BCUT2D eigenvalue weighted by Gasteiger charge is -2.07. The maximum Gasteiger partial charge on any atom is 0.136 e. The predicted molar refractivity (Wildman–Crippen MR) is 66.7 cm³/mol. The van der Waals surface area contributed by atoms with Crippen LogP contribution in [0.3, 0.4) is 0 Å². The van der Waals surface area contributed by atoms with Gasteiger partial charge in [0.25, 0.3) is 0 Å². The number of rotatable bonds is 5. The molecule has 4 nitrogen and oxygen atoms in total. The van der Waals surface area contributed by atoms with Gasteiger partial charge in [0.05, 0.1) is 17.6 Å². The normalized spacial score (nSPS) is 15.6. The first-order chi connectivity index (χ1) is 8.40. The summed E-state index contributed by atoms with van der Waals surface area (Å²) in [5.74, 6) is 1.03. The van der Waals surface area contributed by atoms with E-state index in [1.807, 2.05) is 6.07 Å². The Kier molecular flexibility index (Phi) is 2.82. The van der Waals surface area contributed by atoms with Gasteiger partial charge in [-0.05, 0) is 25.0 Å². The van der Waals surface area contributed by atoms with E-state index in [1.54, 1.807) is 0 Å². The smallest absolute Gasteiger partial charge is 0.136 e. The van der Waals surface area contributed by atoms with Gasteiger partial charge in [-0.2, -0.15) is 0 Å². The molecule has 90 valence electrons. The molecular weight excluding hydrogens is 214 g/mol. The number of fused-ring (bicyclic) bond motifs is 1. The van der Waals surface area contributed by atoms with E-state index in [-0.39, 0.29) is 0 Å². The highest BCUT2D eigenvalue weighted by Crippen LogP contribution is 2.38. The molecule has 1 heterocycles. The summed E-state index contributed by atoms with van der Waals surface area (Å²) in [7, 11) is 0. The molecule has 0 aliphatic heterocycles. The lowest BCUT2D eigenvalue weighted by molar-refractivity contribution is 0.120. The molecular formula is C13H17N3O. The molecule has 0 unspecified atom stereocenters. The Balaban J connectivity index is 1.95. The van der Waals surface area contributed by atoms with Crippen LogP contribution >= 0.6 is 0 Å². The van der Waals surface area contributed by atoms with Crippen LogP contribution in [-0.2, 0) is 11.3 Å². The summed E-state index contributed by atoms with van der Waals surface area (Å²) in [5.41, 5.74) is 7.71. The summed E-state index contributed by atoms with van der Waals surface area (Å²) in [6.45, 7) is 1.71. The van der Waals surface area contributed by atoms with E-state index in [0.717, 1.165) is 11.3 Å². The van der Waals surface area contributed by atoms with Gasteiger partial charge in [-0.15, -0.1) is 0 Å². The molecule has 1 aromatic heterocycles. The number of ether oxygens (including phenoxy) is 1. The molecule has 1 saturated carbocycles. The van der Waals surface area contributed by atoms with Gasteiger partial charge in [0.15, 0.2) is 0 Å². The van der Waals surface area contributed by atoms with Crippen molar-refractivity contribution in [2.45, 2.75) is 25.5 Å². The summed E-state index contributed by atoms with van der Waals surface area (Å²) in [6.07, 6.45) is 2.51. The third-order valence-electron chi connectivity index (χ3n) is 3.07. The zero-order valence-electron chi connectivity index (χ0n) is 9.80. The van der Waals surface area contributed by atoms with Crippen molar-refractivity contribution in [3.8, 4) is 0 Å². The second-order valence-corrected chi connectivity index (χ2v) is 4.46. The van der Waals surface area contributed by atoms with Gasteiger partial charge < -0.3 is 15.0 Å². The van der Waals surface area contributed by atoms with E-state index < -0.39 is 0 Å². The number of nitrogens with two attached hydrogens (primary N) is 1. The topological polar surface area (TPSA) is 53.1 Å². The Morgan fingerprint density at radius 1 is 1.35 bits per heavy atom. The van der Waals surface area contributed by atoms with Crippen LogP contribution in [0.5, 0.6) is 0 Å². The van der Waals surface area contributed by atoms with Gasteiger partial charge in [-0.3, -0.25) is 0 Å². The number of benzene rings is 1. The molecule has 0 bridgehead atoms. The van der Waals surface area contributed by atoms with Crippen molar-refractivity contribution in [2.75, 3.05) is 13.2 Å². The molecule has 3 rings (SSSR count). The van der Waals surface area contributed by atoms with Crippen molar-refractivity contribution in [3.63, 3.8) is 0 Å². The predicted octanol–water partition coefficient (Wildman–Crippen LogP) is 1.85.